The lowest BCUT2D eigenvalue weighted by molar-refractivity contribution is 0.792. The molecule has 1 spiro atoms. The molecule has 1 heterocycles. The maximum absolute atomic E-state index is 15.0. The molecule has 11 aromatic rings. The third-order valence-electron chi connectivity index (χ3n) is 14.4. The highest BCUT2D eigenvalue weighted by Crippen LogP contribution is 2.63. The molecule has 14 rings (SSSR count). The minimum absolute atomic E-state index is 0.0239. The van der Waals surface area contributed by atoms with E-state index in [1.807, 2.05) is 22.8 Å². The first-order chi connectivity index (χ1) is 31.7. The SMILES string of the molecule is O=c1c2ccccc2c2cc(-c3ccc4c(c3)-c3ccccc3-c3ccccc3-c3ccccc3-4)ccc2n1-c1ccc2c(c1)C1(c3ccccc3-c3ccccc31)c1ccccc1-2. The molecule has 0 fully saturated rings. The van der Waals surface area contributed by atoms with E-state index in [1.54, 1.807) is 0 Å². The zero-order chi connectivity index (χ0) is 42.1. The summed E-state index contributed by atoms with van der Waals surface area (Å²) in [4.78, 5) is 15.0. The molecule has 0 unspecified atom stereocenters. The lowest BCUT2D eigenvalue weighted by Gasteiger charge is -2.30. The smallest absolute Gasteiger partial charge is 0.263 e. The fourth-order valence-electron chi connectivity index (χ4n) is 11.8. The van der Waals surface area contributed by atoms with E-state index in [1.165, 1.54) is 89.0 Å². The van der Waals surface area contributed by atoms with E-state index >= 15 is 4.79 Å². The molecule has 64 heavy (non-hydrogen) atoms. The second-order valence-electron chi connectivity index (χ2n) is 17.4. The lowest BCUT2D eigenvalue weighted by Crippen LogP contribution is -2.26. The molecular formula is C62H37NO. The molecule has 0 radical (unpaired) electrons. The highest BCUT2D eigenvalue weighted by Gasteiger charge is 2.51. The van der Waals surface area contributed by atoms with Gasteiger partial charge in [-0.1, -0.05) is 188 Å². The van der Waals surface area contributed by atoms with Crippen molar-refractivity contribution in [1.29, 1.82) is 0 Å². The quantitative estimate of drug-likeness (QED) is 0.159. The zero-order valence-corrected chi connectivity index (χ0v) is 34.7. The third-order valence-corrected chi connectivity index (χ3v) is 14.4. The summed E-state index contributed by atoms with van der Waals surface area (Å²) in [5.74, 6) is 0. The molecule has 0 N–H and O–H groups in total. The minimum atomic E-state index is -0.510. The second-order valence-corrected chi connectivity index (χ2v) is 17.4. The first-order valence-corrected chi connectivity index (χ1v) is 22.1. The number of aromatic nitrogens is 1. The van der Waals surface area contributed by atoms with Gasteiger partial charge < -0.3 is 0 Å². The van der Waals surface area contributed by atoms with E-state index in [2.05, 4.69) is 206 Å². The predicted octanol–water partition coefficient (Wildman–Crippen LogP) is 15.1. The van der Waals surface area contributed by atoms with Gasteiger partial charge in [0.05, 0.1) is 10.9 Å². The first-order valence-electron chi connectivity index (χ1n) is 22.1. The fourth-order valence-corrected chi connectivity index (χ4v) is 11.8. The maximum Gasteiger partial charge on any atom is 0.263 e. The summed E-state index contributed by atoms with van der Waals surface area (Å²) in [7, 11) is 0. The normalized spacial score (nSPS) is 13.2. The summed E-state index contributed by atoms with van der Waals surface area (Å²) in [6.07, 6.45) is 0. The standard InChI is InChI=1S/C62H37NO/c64-61-53-25-8-7-21-47(53)55-36-39(38-29-32-48-45-19-4-3-17-43(45)41-15-1-2-16-42(41)44-18-5-6-20-46(44)54(48)35-38)30-34-60(55)63(61)40-31-33-52-51-24-11-14-28-58(51)62(59(52)37-40)56-26-12-9-22-49(56)50-23-10-13-27-57(50)62/h1-37H. The van der Waals surface area contributed by atoms with Crippen molar-refractivity contribution in [2.24, 2.45) is 0 Å². The van der Waals surface area contributed by atoms with Crippen molar-refractivity contribution in [1.82, 2.24) is 4.57 Å². The van der Waals surface area contributed by atoms with Crippen molar-refractivity contribution in [2.45, 2.75) is 5.41 Å². The molecule has 0 amide bonds. The van der Waals surface area contributed by atoms with Gasteiger partial charge >= 0.3 is 0 Å². The molecule has 0 saturated carbocycles. The van der Waals surface area contributed by atoms with E-state index < -0.39 is 5.41 Å². The van der Waals surface area contributed by atoms with Gasteiger partial charge in [0.1, 0.15) is 0 Å². The van der Waals surface area contributed by atoms with Gasteiger partial charge in [0, 0.05) is 16.5 Å². The fraction of sp³-hybridized carbons (Fsp3) is 0.0161. The molecule has 0 bridgehead atoms. The Bertz CT molecular complexity index is 3820. The van der Waals surface area contributed by atoms with Crippen LogP contribution in [0.15, 0.2) is 229 Å². The van der Waals surface area contributed by atoms with Crippen molar-refractivity contribution in [3.05, 3.63) is 257 Å². The number of pyridine rings is 1. The van der Waals surface area contributed by atoms with Crippen LogP contribution in [0.3, 0.4) is 0 Å². The molecule has 1 aromatic heterocycles. The van der Waals surface area contributed by atoms with E-state index in [9.17, 15) is 0 Å². The Balaban J connectivity index is 0.990. The van der Waals surface area contributed by atoms with E-state index in [0.29, 0.717) is 5.39 Å². The summed E-state index contributed by atoms with van der Waals surface area (Å²) in [5.41, 5.74) is 23.3. The number of hydrogen-bond acceptors (Lipinski definition) is 1. The molecular weight excluding hydrogens is 775 g/mol. The Morgan fingerprint density at radius 1 is 0.281 bits per heavy atom. The molecule has 2 nitrogen and oxygen atoms in total. The van der Waals surface area contributed by atoms with Crippen LogP contribution in [0.5, 0.6) is 0 Å². The van der Waals surface area contributed by atoms with Crippen LogP contribution in [0.2, 0.25) is 0 Å². The largest absolute Gasteiger partial charge is 0.276 e. The second kappa shape index (κ2) is 13.1. The minimum Gasteiger partial charge on any atom is -0.276 e. The molecule has 0 saturated heterocycles. The van der Waals surface area contributed by atoms with Crippen LogP contribution in [-0.4, -0.2) is 4.57 Å². The first kappa shape index (κ1) is 35.3. The van der Waals surface area contributed by atoms with E-state index in [-0.39, 0.29) is 5.56 Å². The molecule has 2 heteroatoms. The molecule has 0 aliphatic heterocycles. The van der Waals surface area contributed by atoms with Gasteiger partial charge in [-0.05, 0) is 142 Å². The highest BCUT2D eigenvalue weighted by molar-refractivity contribution is 6.09. The van der Waals surface area contributed by atoms with Crippen LogP contribution in [-0.2, 0) is 5.41 Å². The maximum atomic E-state index is 15.0. The number of fused-ring (bicyclic) bond motifs is 21. The van der Waals surface area contributed by atoms with Gasteiger partial charge in [-0.2, -0.15) is 0 Å². The van der Waals surface area contributed by atoms with Crippen LogP contribution in [0.1, 0.15) is 22.3 Å². The van der Waals surface area contributed by atoms with E-state index in [0.717, 1.165) is 33.1 Å². The average Bonchev–Trinajstić information content (AvgIpc) is 3.83. The molecule has 3 aliphatic carbocycles. The summed E-state index contributed by atoms with van der Waals surface area (Å²) in [6.45, 7) is 0. The number of nitrogens with zero attached hydrogens (tertiary/aromatic N) is 1. The highest BCUT2D eigenvalue weighted by atomic mass is 16.1. The number of hydrogen-bond donors (Lipinski definition) is 0. The van der Waals surface area contributed by atoms with Crippen LogP contribution in [0, 0.1) is 0 Å². The summed E-state index contributed by atoms with van der Waals surface area (Å²) in [5, 5.41) is 2.69. The molecule has 3 aliphatic rings. The van der Waals surface area contributed by atoms with Crippen molar-refractivity contribution in [3.63, 3.8) is 0 Å². The number of rotatable bonds is 2. The van der Waals surface area contributed by atoms with Crippen molar-refractivity contribution in [2.75, 3.05) is 0 Å². The summed E-state index contributed by atoms with van der Waals surface area (Å²) < 4.78 is 1.95. The molecule has 10 aromatic carbocycles. The van der Waals surface area contributed by atoms with Crippen LogP contribution in [0.25, 0.3) is 105 Å². The monoisotopic (exact) mass is 811 g/mol. The lowest BCUT2D eigenvalue weighted by atomic mass is 9.70. The molecule has 0 atom stereocenters. The van der Waals surface area contributed by atoms with Gasteiger partial charge in [-0.3, -0.25) is 9.36 Å². The van der Waals surface area contributed by atoms with Gasteiger partial charge in [0.2, 0.25) is 0 Å². The van der Waals surface area contributed by atoms with Crippen molar-refractivity contribution < 1.29 is 0 Å². The zero-order valence-electron chi connectivity index (χ0n) is 34.7. The topological polar surface area (TPSA) is 22.0 Å². The van der Waals surface area contributed by atoms with Gasteiger partial charge in [-0.15, -0.1) is 0 Å². The van der Waals surface area contributed by atoms with Gasteiger partial charge in [0.15, 0.2) is 0 Å². The van der Waals surface area contributed by atoms with Crippen molar-refractivity contribution >= 4 is 21.7 Å². The van der Waals surface area contributed by atoms with Crippen molar-refractivity contribution in [3.8, 4) is 83.6 Å². The van der Waals surface area contributed by atoms with Gasteiger partial charge in [0.25, 0.3) is 5.56 Å². The van der Waals surface area contributed by atoms with Crippen LogP contribution >= 0.6 is 0 Å². The third kappa shape index (κ3) is 4.61. The van der Waals surface area contributed by atoms with Crippen LogP contribution < -0.4 is 5.56 Å². The Kier molecular flexibility index (Phi) is 7.22. The Morgan fingerprint density at radius 3 is 1.22 bits per heavy atom. The van der Waals surface area contributed by atoms with Gasteiger partial charge in [-0.25, -0.2) is 0 Å². The predicted molar refractivity (Wildman–Crippen MR) is 264 cm³/mol. The Morgan fingerprint density at radius 2 is 0.672 bits per heavy atom. The summed E-state index contributed by atoms with van der Waals surface area (Å²) >= 11 is 0. The average molecular weight is 812 g/mol. The number of benzene rings is 10. The summed E-state index contributed by atoms with van der Waals surface area (Å²) in [6, 6.07) is 81.3. The Hall–Kier alpha value is -8.33. The van der Waals surface area contributed by atoms with E-state index in [4.69, 9.17) is 0 Å². The molecule has 296 valence electrons. The van der Waals surface area contributed by atoms with Crippen LogP contribution in [0.4, 0.5) is 0 Å². The Labute approximate surface area is 370 Å².